The van der Waals surface area contributed by atoms with Gasteiger partial charge in [0.2, 0.25) is 0 Å². The first kappa shape index (κ1) is 28.4. The molecule has 2 N–H and O–H groups in total. The summed E-state index contributed by atoms with van der Waals surface area (Å²) in [6, 6.07) is 13.1. The molecule has 4 rings (SSSR count). The highest BCUT2D eigenvalue weighted by molar-refractivity contribution is 6.02. The number of carbonyl (C=O) groups is 3. The second kappa shape index (κ2) is 11.2. The number of piperidine rings is 1. The van der Waals surface area contributed by atoms with Gasteiger partial charge in [-0.25, -0.2) is 9.18 Å². The SMILES string of the molecule is CNC(=O)c1cc(C(=O)NCCC2(F)CCCN(C(=O)OC(C)(C)C)C2)cc2c1O[C@H](C)[C@H]2c1ccccc1. The van der Waals surface area contributed by atoms with Crippen molar-refractivity contribution < 1.29 is 28.2 Å². The maximum atomic E-state index is 15.7. The summed E-state index contributed by atoms with van der Waals surface area (Å²) in [4.78, 5) is 39.8. The molecule has 1 fully saturated rings. The second-order valence-corrected chi connectivity index (χ2v) is 11.4. The van der Waals surface area contributed by atoms with Crippen molar-refractivity contribution >= 4 is 17.9 Å². The molecule has 9 heteroatoms. The summed E-state index contributed by atoms with van der Waals surface area (Å²) in [6.07, 6.45) is 0.115. The first-order valence-corrected chi connectivity index (χ1v) is 13.5. The zero-order valence-corrected chi connectivity index (χ0v) is 23.3. The smallest absolute Gasteiger partial charge is 0.410 e. The fourth-order valence-electron chi connectivity index (χ4n) is 5.34. The average Bonchev–Trinajstić information content (AvgIpc) is 3.22. The highest BCUT2D eigenvalue weighted by Crippen LogP contribution is 2.45. The number of rotatable bonds is 6. The van der Waals surface area contributed by atoms with Crippen LogP contribution in [-0.4, -0.2) is 66.9 Å². The van der Waals surface area contributed by atoms with E-state index in [2.05, 4.69) is 10.6 Å². The molecule has 0 saturated carbocycles. The van der Waals surface area contributed by atoms with Crippen molar-refractivity contribution in [3.8, 4) is 5.75 Å². The largest absolute Gasteiger partial charge is 0.489 e. The van der Waals surface area contributed by atoms with Crippen molar-refractivity contribution in [2.75, 3.05) is 26.7 Å². The molecule has 1 unspecified atom stereocenters. The molecule has 2 aliphatic heterocycles. The summed E-state index contributed by atoms with van der Waals surface area (Å²) < 4.78 is 27.2. The normalized spacial score (nSPS) is 22.5. The Morgan fingerprint density at radius 3 is 2.54 bits per heavy atom. The number of benzene rings is 2. The lowest BCUT2D eigenvalue weighted by molar-refractivity contribution is -0.00740. The molecule has 8 nitrogen and oxygen atoms in total. The van der Waals surface area contributed by atoms with Gasteiger partial charge >= 0.3 is 6.09 Å². The van der Waals surface area contributed by atoms with Gasteiger partial charge in [0.15, 0.2) is 0 Å². The van der Waals surface area contributed by atoms with E-state index >= 15 is 4.39 Å². The molecule has 0 bridgehead atoms. The number of halogens is 1. The van der Waals surface area contributed by atoms with Crippen LogP contribution in [0.4, 0.5) is 9.18 Å². The third-order valence-electron chi connectivity index (χ3n) is 7.16. The fourth-order valence-corrected chi connectivity index (χ4v) is 5.34. The number of nitrogens with one attached hydrogen (secondary N) is 2. The number of amides is 3. The molecule has 0 spiro atoms. The lowest BCUT2D eigenvalue weighted by Gasteiger charge is -2.38. The van der Waals surface area contributed by atoms with E-state index < -0.39 is 23.3 Å². The Morgan fingerprint density at radius 1 is 1.15 bits per heavy atom. The summed E-state index contributed by atoms with van der Waals surface area (Å²) >= 11 is 0. The van der Waals surface area contributed by atoms with Crippen molar-refractivity contribution in [3.63, 3.8) is 0 Å². The van der Waals surface area contributed by atoms with Crippen LogP contribution in [0.5, 0.6) is 5.75 Å². The van der Waals surface area contributed by atoms with Crippen LogP contribution >= 0.6 is 0 Å². The topological polar surface area (TPSA) is 97.0 Å². The number of hydrogen-bond donors (Lipinski definition) is 2. The zero-order valence-electron chi connectivity index (χ0n) is 23.3. The van der Waals surface area contributed by atoms with E-state index in [4.69, 9.17) is 9.47 Å². The molecule has 3 amide bonds. The molecular weight excluding hydrogens is 501 g/mol. The standard InChI is InChI=1S/C30H38FN3O5/c1-19-24(20-10-7-6-8-11-20)22-16-21(17-23(25(22)38-19)27(36)32-5)26(35)33-14-13-30(31)12-9-15-34(18-30)28(37)39-29(2,3)4/h6-8,10-11,16-17,19,24H,9,12-15,18H2,1-5H3,(H,32,36)(H,33,35)/t19-,24+,30?/m1/s1. The Bertz CT molecular complexity index is 1230. The highest BCUT2D eigenvalue weighted by atomic mass is 19.1. The van der Waals surface area contributed by atoms with Gasteiger partial charge in [0.25, 0.3) is 11.8 Å². The maximum absolute atomic E-state index is 15.7. The molecule has 0 aliphatic carbocycles. The molecule has 2 aromatic carbocycles. The molecule has 2 aliphatic rings. The summed E-state index contributed by atoms with van der Waals surface area (Å²) in [5, 5.41) is 5.43. The highest BCUT2D eigenvalue weighted by Gasteiger charge is 2.39. The van der Waals surface area contributed by atoms with Gasteiger partial charge in [-0.3, -0.25) is 9.59 Å². The number of fused-ring (bicyclic) bond motifs is 1. The number of alkyl halides is 1. The Balaban J connectivity index is 1.48. The van der Waals surface area contributed by atoms with Crippen molar-refractivity contribution in [2.45, 2.75) is 70.2 Å². The van der Waals surface area contributed by atoms with Crippen LogP contribution < -0.4 is 15.4 Å². The van der Waals surface area contributed by atoms with Crippen LogP contribution in [0.2, 0.25) is 0 Å². The molecule has 2 heterocycles. The van der Waals surface area contributed by atoms with E-state index in [1.807, 2.05) is 37.3 Å². The summed E-state index contributed by atoms with van der Waals surface area (Å²) in [6.45, 7) is 7.71. The van der Waals surface area contributed by atoms with Crippen LogP contribution in [0.15, 0.2) is 42.5 Å². The van der Waals surface area contributed by atoms with Gasteiger partial charge in [-0.1, -0.05) is 30.3 Å². The van der Waals surface area contributed by atoms with Gasteiger partial charge in [-0.15, -0.1) is 0 Å². The van der Waals surface area contributed by atoms with Crippen molar-refractivity contribution in [1.82, 2.24) is 15.5 Å². The molecule has 0 radical (unpaired) electrons. The minimum atomic E-state index is -1.63. The minimum absolute atomic E-state index is 0.0536. The second-order valence-electron chi connectivity index (χ2n) is 11.4. The number of hydrogen-bond acceptors (Lipinski definition) is 5. The molecule has 3 atom stereocenters. The third-order valence-corrected chi connectivity index (χ3v) is 7.16. The van der Waals surface area contributed by atoms with E-state index in [9.17, 15) is 14.4 Å². The Labute approximate surface area is 229 Å². The molecule has 210 valence electrons. The van der Waals surface area contributed by atoms with E-state index in [-0.39, 0.29) is 43.0 Å². The Hall–Kier alpha value is -3.62. The van der Waals surface area contributed by atoms with Crippen molar-refractivity contribution in [3.05, 3.63) is 64.7 Å². The van der Waals surface area contributed by atoms with Gasteiger partial charge in [0.05, 0.1) is 12.1 Å². The molecule has 39 heavy (non-hydrogen) atoms. The predicted octanol–water partition coefficient (Wildman–Crippen LogP) is 4.82. The molecule has 1 saturated heterocycles. The fraction of sp³-hybridized carbons (Fsp3) is 0.500. The van der Waals surface area contributed by atoms with Crippen molar-refractivity contribution in [1.29, 1.82) is 0 Å². The average molecular weight is 540 g/mol. The number of nitrogens with zero attached hydrogens (tertiary/aromatic N) is 1. The van der Waals surface area contributed by atoms with Gasteiger partial charge in [-0.05, 0) is 58.2 Å². The molecular formula is C30H38FN3O5. The van der Waals surface area contributed by atoms with Gasteiger partial charge in [-0.2, -0.15) is 0 Å². The van der Waals surface area contributed by atoms with E-state index in [0.29, 0.717) is 30.7 Å². The summed E-state index contributed by atoms with van der Waals surface area (Å²) in [5.41, 5.74) is 0.0888. The van der Waals surface area contributed by atoms with Crippen LogP contribution in [0.3, 0.4) is 0 Å². The van der Waals surface area contributed by atoms with Crippen LogP contribution in [0.1, 0.15) is 84.7 Å². The van der Waals surface area contributed by atoms with Gasteiger partial charge in [0.1, 0.15) is 23.1 Å². The molecule has 0 aromatic heterocycles. The Morgan fingerprint density at radius 2 is 1.87 bits per heavy atom. The minimum Gasteiger partial charge on any atom is -0.489 e. The zero-order chi connectivity index (χ0) is 28.4. The van der Waals surface area contributed by atoms with E-state index in [0.717, 1.165) is 11.1 Å². The lowest BCUT2D eigenvalue weighted by Crippen LogP contribution is -2.50. The Kier molecular flexibility index (Phi) is 8.18. The predicted molar refractivity (Wildman–Crippen MR) is 146 cm³/mol. The first-order valence-electron chi connectivity index (χ1n) is 13.5. The third kappa shape index (κ3) is 6.52. The number of ether oxygens (including phenoxy) is 2. The van der Waals surface area contributed by atoms with E-state index in [1.165, 1.54) is 18.0 Å². The van der Waals surface area contributed by atoms with Crippen molar-refractivity contribution in [2.24, 2.45) is 0 Å². The maximum Gasteiger partial charge on any atom is 0.410 e. The van der Waals surface area contributed by atoms with Gasteiger partial charge < -0.3 is 25.0 Å². The quantitative estimate of drug-likeness (QED) is 0.549. The van der Waals surface area contributed by atoms with Crippen LogP contribution in [-0.2, 0) is 4.74 Å². The monoisotopic (exact) mass is 539 g/mol. The molecule has 2 aromatic rings. The van der Waals surface area contributed by atoms with Crippen LogP contribution in [0, 0.1) is 0 Å². The number of likely N-dealkylation sites (tertiary alicyclic amines) is 1. The summed E-state index contributed by atoms with van der Waals surface area (Å²) in [7, 11) is 1.53. The summed E-state index contributed by atoms with van der Waals surface area (Å²) in [5.74, 6) is -0.432. The lowest BCUT2D eigenvalue weighted by atomic mass is 9.87. The number of carbonyl (C=O) groups excluding carboxylic acids is 3. The van der Waals surface area contributed by atoms with Crippen LogP contribution in [0.25, 0.3) is 0 Å². The van der Waals surface area contributed by atoms with Gasteiger partial charge in [0, 0.05) is 43.6 Å². The first-order chi connectivity index (χ1) is 18.4. The van der Waals surface area contributed by atoms with E-state index in [1.54, 1.807) is 26.8 Å².